The molecule has 0 spiro atoms. The lowest BCUT2D eigenvalue weighted by Gasteiger charge is -2.28. The number of halogens is 2. The monoisotopic (exact) mass is 334 g/mol. The summed E-state index contributed by atoms with van der Waals surface area (Å²) < 4.78 is 5.48. The molecule has 0 atom stereocenters. The number of furan rings is 1. The van der Waals surface area contributed by atoms with E-state index < -0.39 is 0 Å². The molecule has 3 heterocycles. The highest BCUT2D eigenvalue weighted by molar-refractivity contribution is 5.85. The van der Waals surface area contributed by atoms with E-state index in [1.165, 1.54) is 75.8 Å². The van der Waals surface area contributed by atoms with Gasteiger partial charge in [-0.3, -0.25) is 9.80 Å². The average molecular weight is 335 g/mol. The van der Waals surface area contributed by atoms with Crippen molar-refractivity contribution in [3.63, 3.8) is 0 Å². The summed E-state index contributed by atoms with van der Waals surface area (Å²) in [5.41, 5.74) is 2.82. The van der Waals surface area contributed by atoms with Gasteiger partial charge in [-0.15, -0.1) is 24.8 Å². The van der Waals surface area contributed by atoms with E-state index in [4.69, 9.17) is 4.42 Å². The Kier molecular flexibility index (Phi) is 8.72. The predicted octanol–water partition coefficient (Wildman–Crippen LogP) is 4.10. The Morgan fingerprint density at radius 3 is 1.43 bits per heavy atom. The highest BCUT2D eigenvalue weighted by Gasteiger charge is 2.17. The van der Waals surface area contributed by atoms with E-state index in [0.29, 0.717) is 0 Å². The van der Waals surface area contributed by atoms with Gasteiger partial charge < -0.3 is 4.42 Å². The van der Waals surface area contributed by atoms with Crippen molar-refractivity contribution in [3.05, 3.63) is 23.7 Å². The molecule has 3 rings (SSSR count). The van der Waals surface area contributed by atoms with Crippen LogP contribution in [-0.2, 0) is 13.1 Å². The molecule has 0 saturated carbocycles. The summed E-state index contributed by atoms with van der Waals surface area (Å²) >= 11 is 0. The molecular weight excluding hydrogens is 307 g/mol. The molecule has 1 aromatic rings. The number of rotatable bonds is 4. The van der Waals surface area contributed by atoms with E-state index >= 15 is 0 Å². The quantitative estimate of drug-likeness (QED) is 0.826. The second-order valence-corrected chi connectivity index (χ2v) is 6.10. The van der Waals surface area contributed by atoms with Gasteiger partial charge in [0, 0.05) is 24.2 Å². The van der Waals surface area contributed by atoms with Crippen LogP contribution in [0.1, 0.15) is 49.7 Å². The van der Waals surface area contributed by atoms with Crippen molar-refractivity contribution in [3.8, 4) is 0 Å². The molecular formula is C16H28Cl2N2O. The van der Waals surface area contributed by atoms with Crippen molar-refractivity contribution in [2.45, 2.75) is 51.6 Å². The Balaban J connectivity index is 0.00000110. The summed E-state index contributed by atoms with van der Waals surface area (Å²) in [6.45, 7) is 7.20. The molecule has 3 nitrogen and oxygen atoms in total. The van der Waals surface area contributed by atoms with E-state index in [2.05, 4.69) is 9.80 Å². The Labute approximate surface area is 140 Å². The average Bonchev–Trinajstić information content (AvgIpc) is 2.88. The Morgan fingerprint density at radius 2 is 1.05 bits per heavy atom. The molecule has 2 aliphatic rings. The molecule has 0 N–H and O–H groups in total. The molecule has 0 amide bonds. The highest BCUT2D eigenvalue weighted by Crippen LogP contribution is 2.20. The minimum Gasteiger partial charge on any atom is -0.472 e. The summed E-state index contributed by atoms with van der Waals surface area (Å²) in [5, 5.41) is 0. The zero-order valence-electron chi connectivity index (χ0n) is 12.8. The first-order valence-corrected chi connectivity index (χ1v) is 7.90. The fourth-order valence-electron chi connectivity index (χ4n) is 3.34. The number of hydrogen-bond donors (Lipinski definition) is 0. The van der Waals surface area contributed by atoms with Crippen molar-refractivity contribution in [1.82, 2.24) is 9.80 Å². The molecule has 0 aliphatic carbocycles. The van der Waals surface area contributed by atoms with Crippen molar-refractivity contribution < 1.29 is 4.42 Å². The van der Waals surface area contributed by atoms with Crippen molar-refractivity contribution in [1.29, 1.82) is 0 Å². The molecule has 5 heteroatoms. The smallest absolute Gasteiger partial charge is 0.0951 e. The van der Waals surface area contributed by atoms with Crippen LogP contribution in [0.5, 0.6) is 0 Å². The van der Waals surface area contributed by atoms with E-state index in [-0.39, 0.29) is 24.8 Å². The minimum atomic E-state index is 0. The lowest BCUT2D eigenvalue weighted by molar-refractivity contribution is 0.210. The van der Waals surface area contributed by atoms with Crippen LogP contribution in [0.4, 0.5) is 0 Å². The van der Waals surface area contributed by atoms with Crippen LogP contribution in [0.2, 0.25) is 0 Å². The van der Waals surface area contributed by atoms with Gasteiger partial charge in [0.1, 0.15) is 0 Å². The van der Waals surface area contributed by atoms with Crippen molar-refractivity contribution >= 4 is 24.8 Å². The molecule has 122 valence electrons. The van der Waals surface area contributed by atoms with E-state index in [9.17, 15) is 0 Å². The van der Waals surface area contributed by atoms with Crippen LogP contribution in [0.15, 0.2) is 16.9 Å². The van der Waals surface area contributed by atoms with Crippen LogP contribution < -0.4 is 0 Å². The Morgan fingerprint density at radius 1 is 0.667 bits per heavy atom. The van der Waals surface area contributed by atoms with Crippen molar-refractivity contribution in [2.75, 3.05) is 26.2 Å². The third kappa shape index (κ3) is 5.48. The lowest BCUT2D eigenvalue weighted by Crippen LogP contribution is -2.31. The second-order valence-electron chi connectivity index (χ2n) is 6.10. The maximum atomic E-state index is 5.48. The number of nitrogens with zero attached hydrogens (tertiary/aromatic N) is 2. The van der Waals surface area contributed by atoms with E-state index in [1.54, 1.807) is 0 Å². The van der Waals surface area contributed by atoms with Gasteiger partial charge >= 0.3 is 0 Å². The molecule has 0 radical (unpaired) electrons. The number of piperidine rings is 2. The molecule has 2 saturated heterocycles. The fraction of sp³-hybridized carbons (Fsp3) is 0.750. The molecule has 0 unspecified atom stereocenters. The van der Waals surface area contributed by atoms with Gasteiger partial charge in [-0.05, 0) is 51.9 Å². The zero-order chi connectivity index (χ0) is 12.9. The third-order valence-corrected chi connectivity index (χ3v) is 4.52. The van der Waals surface area contributed by atoms with Gasteiger partial charge in [0.15, 0.2) is 0 Å². The number of hydrogen-bond acceptors (Lipinski definition) is 3. The fourth-order valence-corrected chi connectivity index (χ4v) is 3.34. The normalized spacial score (nSPS) is 20.6. The third-order valence-electron chi connectivity index (χ3n) is 4.52. The predicted molar refractivity (Wildman–Crippen MR) is 91.5 cm³/mol. The van der Waals surface area contributed by atoms with Gasteiger partial charge in [0.2, 0.25) is 0 Å². The van der Waals surface area contributed by atoms with Gasteiger partial charge in [0.25, 0.3) is 0 Å². The summed E-state index contributed by atoms with van der Waals surface area (Å²) in [5.74, 6) is 0. The van der Waals surface area contributed by atoms with E-state index in [0.717, 1.165) is 13.1 Å². The standard InChI is InChI=1S/C16H26N2O.2ClH/c1-3-7-17(8-4-1)11-15-13-19-14-16(15)12-18-9-5-2-6-10-18;;/h13-14H,1-12H2;2*1H. The topological polar surface area (TPSA) is 19.6 Å². The first kappa shape index (κ1) is 18.8. The lowest BCUT2D eigenvalue weighted by atomic mass is 10.1. The first-order chi connectivity index (χ1) is 9.42. The van der Waals surface area contributed by atoms with Crippen LogP contribution in [0, 0.1) is 0 Å². The Hall–Kier alpha value is -0.220. The van der Waals surface area contributed by atoms with Gasteiger partial charge in [-0.25, -0.2) is 0 Å². The van der Waals surface area contributed by atoms with Crippen LogP contribution in [-0.4, -0.2) is 36.0 Å². The van der Waals surface area contributed by atoms with Crippen LogP contribution in [0.25, 0.3) is 0 Å². The molecule has 1 aromatic heterocycles. The summed E-state index contributed by atoms with van der Waals surface area (Å²) in [6.07, 6.45) is 12.2. The molecule has 21 heavy (non-hydrogen) atoms. The van der Waals surface area contributed by atoms with Gasteiger partial charge in [-0.2, -0.15) is 0 Å². The molecule has 2 aliphatic heterocycles. The van der Waals surface area contributed by atoms with E-state index in [1.807, 2.05) is 12.5 Å². The summed E-state index contributed by atoms with van der Waals surface area (Å²) in [7, 11) is 0. The largest absolute Gasteiger partial charge is 0.472 e. The van der Waals surface area contributed by atoms with Gasteiger partial charge in [-0.1, -0.05) is 12.8 Å². The minimum absolute atomic E-state index is 0. The molecule has 2 fully saturated rings. The number of likely N-dealkylation sites (tertiary alicyclic amines) is 2. The van der Waals surface area contributed by atoms with Crippen LogP contribution in [0.3, 0.4) is 0 Å². The maximum Gasteiger partial charge on any atom is 0.0951 e. The first-order valence-electron chi connectivity index (χ1n) is 7.90. The Bertz CT molecular complexity index is 351. The SMILES string of the molecule is Cl.Cl.c1occ(CN2CCCCC2)c1CN1CCCCC1. The maximum absolute atomic E-state index is 5.48. The zero-order valence-corrected chi connectivity index (χ0v) is 14.4. The van der Waals surface area contributed by atoms with Crippen LogP contribution >= 0.6 is 24.8 Å². The molecule has 0 aromatic carbocycles. The second kappa shape index (κ2) is 9.73. The van der Waals surface area contributed by atoms with Crippen molar-refractivity contribution in [2.24, 2.45) is 0 Å². The summed E-state index contributed by atoms with van der Waals surface area (Å²) in [6, 6.07) is 0. The highest BCUT2D eigenvalue weighted by atomic mass is 35.5. The van der Waals surface area contributed by atoms with Gasteiger partial charge in [0.05, 0.1) is 12.5 Å². The summed E-state index contributed by atoms with van der Waals surface area (Å²) in [4.78, 5) is 5.15. The molecule has 0 bridgehead atoms.